The minimum Gasteiger partial charge on any atom is -0.554 e. The summed E-state index contributed by atoms with van der Waals surface area (Å²) >= 11 is 0. The van der Waals surface area contributed by atoms with Crippen molar-refractivity contribution in [2.45, 2.75) is 0 Å². The average Bonchev–Trinajstić information content (AvgIpc) is 0.918. The van der Waals surface area contributed by atoms with Crippen molar-refractivity contribution in [3.8, 4) is 0 Å². The Kier molecular flexibility index (Phi) is 23.8. The summed E-state index contributed by atoms with van der Waals surface area (Å²) in [7, 11) is 0. The van der Waals surface area contributed by atoms with Crippen LogP contribution in [0, 0.1) is 0 Å². The number of hydrogen-bond donors (Lipinski definition) is 0. The normalized spacial score (nSPS) is 3.00. The van der Waals surface area contributed by atoms with Crippen LogP contribution in [-0.4, -0.2) is 6.47 Å². The molecule has 0 fully saturated rings. The molecule has 0 bridgehead atoms. The maximum Gasteiger partial charge on any atom is 1.00 e. The molecule has 0 aromatic carbocycles. The molecule has 0 aliphatic heterocycles. The zero-order valence-electron chi connectivity index (χ0n) is 1.70. The molecule has 28 valence electrons. The van der Waals surface area contributed by atoms with E-state index < -0.39 is 6.47 Å². The molecule has 0 N–H and O–H groups in total. The zero-order valence-corrected chi connectivity index (χ0v) is 3.86. The molecule has 3 heteroatoms. The van der Waals surface area contributed by atoms with Crippen molar-refractivity contribution >= 4 is 6.47 Å². The molecule has 0 atom stereocenters. The monoisotopic (exact) mass is 242 g/mol. The first kappa shape index (κ1) is 8.88. The molecule has 0 saturated carbocycles. The van der Waals surface area contributed by atoms with E-state index in [2.05, 4.69) is 0 Å². The van der Waals surface area contributed by atoms with Crippen LogP contribution in [0.5, 0.6) is 0 Å². The van der Waals surface area contributed by atoms with Crippen LogP contribution in [0.3, 0.4) is 0 Å². The van der Waals surface area contributed by atoms with Gasteiger partial charge in [0.2, 0.25) is 0 Å². The smallest absolute Gasteiger partial charge is 0.554 e. The third-order valence-electron chi connectivity index (χ3n) is 0. The largest absolute Gasteiger partial charge is 1.00 e. The molecule has 0 aliphatic rings. The van der Waals surface area contributed by atoms with Crippen LogP contribution >= 0.6 is 0 Å². The minimum absolute atomic E-state index is 0. The fourth-order valence-electron chi connectivity index (χ4n) is 0. The van der Waals surface area contributed by atoms with E-state index >= 15 is 0 Å². The molecule has 4 heavy (non-hydrogen) atoms. The van der Waals surface area contributed by atoms with Gasteiger partial charge in [0.05, 0.1) is 0 Å². The molecule has 0 aromatic rings. The third-order valence-corrected chi connectivity index (χ3v) is 0. The maximum atomic E-state index is 8.25. The van der Waals surface area contributed by atoms with Crippen molar-refractivity contribution in [1.29, 1.82) is 0 Å². The number of carboxylic acid groups (broad SMARTS) is 1. The van der Waals surface area contributed by atoms with Crippen molar-refractivity contribution in [1.82, 2.24) is 0 Å². The Labute approximate surface area is 39.3 Å². The SMILES string of the molecule is O=C[O-].[Au+]. The fraction of sp³-hybridized carbons (Fsp3) is 0. The van der Waals surface area contributed by atoms with E-state index in [1.54, 1.807) is 0 Å². The molecule has 0 aromatic heterocycles. The number of rotatable bonds is 0. The Morgan fingerprint density at radius 3 is 1.75 bits per heavy atom. The molecule has 0 unspecified atom stereocenters. The quantitative estimate of drug-likeness (QED) is 0.377. The van der Waals surface area contributed by atoms with Gasteiger partial charge in [-0.25, -0.2) is 0 Å². The fourth-order valence-corrected chi connectivity index (χ4v) is 0. The van der Waals surface area contributed by atoms with Gasteiger partial charge >= 0.3 is 22.4 Å². The second-order valence-corrected chi connectivity index (χ2v) is 0.0962. The van der Waals surface area contributed by atoms with Gasteiger partial charge in [-0.1, -0.05) is 0 Å². The van der Waals surface area contributed by atoms with E-state index in [1.807, 2.05) is 0 Å². The van der Waals surface area contributed by atoms with Crippen LogP contribution in [0.25, 0.3) is 0 Å². The second kappa shape index (κ2) is 10.7. The molecular formula is CHAuO2. The molecule has 0 spiro atoms. The summed E-state index contributed by atoms with van der Waals surface area (Å²) in [5.74, 6) is 0. The van der Waals surface area contributed by atoms with Gasteiger partial charge in [0, 0.05) is 6.47 Å². The van der Waals surface area contributed by atoms with Gasteiger partial charge in [-0.3, -0.25) is 0 Å². The minimum atomic E-state index is -0.500. The molecule has 0 amide bonds. The maximum absolute atomic E-state index is 8.25. The standard InChI is InChI=1S/CH2O2.Au/c2-1-3;/h1H,(H,2,3);/q;+1/p-1. The summed E-state index contributed by atoms with van der Waals surface area (Å²) in [6.07, 6.45) is 0. The Balaban J connectivity index is 0. The molecule has 2 nitrogen and oxygen atoms in total. The topological polar surface area (TPSA) is 40.1 Å². The number of hydrogen-bond acceptors (Lipinski definition) is 2. The Morgan fingerprint density at radius 2 is 1.75 bits per heavy atom. The van der Waals surface area contributed by atoms with E-state index in [1.165, 1.54) is 0 Å². The van der Waals surface area contributed by atoms with Gasteiger partial charge in [0.1, 0.15) is 0 Å². The first-order valence-corrected chi connectivity index (χ1v) is 0.471. The molecule has 0 rings (SSSR count). The summed E-state index contributed by atoms with van der Waals surface area (Å²) < 4.78 is 0. The van der Waals surface area contributed by atoms with Crippen molar-refractivity contribution in [3.63, 3.8) is 0 Å². The predicted molar refractivity (Wildman–Crippen MR) is 6.06 cm³/mol. The van der Waals surface area contributed by atoms with Crippen molar-refractivity contribution < 1.29 is 32.3 Å². The molecule has 0 saturated heterocycles. The number of carbonyl (C=O) groups is 1. The first-order chi connectivity index (χ1) is 1.41. The Morgan fingerprint density at radius 1 is 1.75 bits per heavy atom. The molecular weight excluding hydrogens is 241 g/mol. The third kappa shape index (κ3) is 73.2. The zero-order chi connectivity index (χ0) is 2.71. The summed E-state index contributed by atoms with van der Waals surface area (Å²) in [6.45, 7) is -0.500. The first-order valence-electron chi connectivity index (χ1n) is 0.471. The van der Waals surface area contributed by atoms with Gasteiger partial charge in [0.15, 0.2) is 0 Å². The van der Waals surface area contributed by atoms with Crippen molar-refractivity contribution in [3.05, 3.63) is 0 Å². The van der Waals surface area contributed by atoms with Crippen LogP contribution in [0.15, 0.2) is 0 Å². The summed E-state index contributed by atoms with van der Waals surface area (Å²) in [5.41, 5.74) is 0. The van der Waals surface area contributed by atoms with Crippen LogP contribution in [0.1, 0.15) is 0 Å². The molecule has 0 aliphatic carbocycles. The van der Waals surface area contributed by atoms with Crippen molar-refractivity contribution in [2.75, 3.05) is 0 Å². The van der Waals surface area contributed by atoms with E-state index in [9.17, 15) is 0 Å². The Bertz CT molecular complexity index is 13.5. The predicted octanol–water partition coefficient (Wildman–Crippen LogP) is -1.64. The van der Waals surface area contributed by atoms with Gasteiger partial charge in [-0.05, 0) is 0 Å². The molecule has 0 radical (unpaired) electrons. The average molecular weight is 242 g/mol. The van der Waals surface area contributed by atoms with Crippen LogP contribution < -0.4 is 5.11 Å². The summed E-state index contributed by atoms with van der Waals surface area (Å²) in [6, 6.07) is 0. The van der Waals surface area contributed by atoms with Crippen LogP contribution in [0.2, 0.25) is 0 Å². The van der Waals surface area contributed by atoms with Gasteiger partial charge in [-0.15, -0.1) is 0 Å². The van der Waals surface area contributed by atoms with E-state index in [-0.39, 0.29) is 22.4 Å². The van der Waals surface area contributed by atoms with E-state index in [0.717, 1.165) is 0 Å². The summed E-state index contributed by atoms with van der Waals surface area (Å²) in [5, 5.41) is 8.25. The Hall–Kier alpha value is 0.210. The van der Waals surface area contributed by atoms with E-state index in [4.69, 9.17) is 9.90 Å². The summed E-state index contributed by atoms with van der Waals surface area (Å²) in [4.78, 5) is 8.25. The van der Waals surface area contributed by atoms with Crippen LogP contribution in [0.4, 0.5) is 0 Å². The van der Waals surface area contributed by atoms with Gasteiger partial charge in [0.25, 0.3) is 0 Å². The molecule has 0 heterocycles. The van der Waals surface area contributed by atoms with Crippen LogP contribution in [-0.2, 0) is 27.2 Å². The van der Waals surface area contributed by atoms with E-state index in [0.29, 0.717) is 0 Å². The second-order valence-electron chi connectivity index (χ2n) is 0.0962. The number of carbonyl (C=O) groups excluding carboxylic acids is 1. The van der Waals surface area contributed by atoms with Crippen molar-refractivity contribution in [2.24, 2.45) is 0 Å². The van der Waals surface area contributed by atoms with Gasteiger partial charge in [-0.2, -0.15) is 0 Å². The van der Waals surface area contributed by atoms with Gasteiger partial charge < -0.3 is 9.90 Å².